The second-order valence-corrected chi connectivity index (χ2v) is 5.59. The number of hydrogen-bond acceptors (Lipinski definition) is 2. The fraction of sp³-hybridized carbons (Fsp3) is 0.353. The summed E-state index contributed by atoms with van der Waals surface area (Å²) in [6.45, 7) is 0.809. The summed E-state index contributed by atoms with van der Waals surface area (Å²) in [5.74, 6) is 0.846. The van der Waals surface area contributed by atoms with E-state index in [-0.39, 0.29) is 5.41 Å². The number of pyridine rings is 1. The largest absolute Gasteiger partial charge is 0.477 e. The number of hydrogen-bond donors (Lipinski definition) is 0. The van der Waals surface area contributed by atoms with Gasteiger partial charge in [0.25, 0.3) is 0 Å². The molecule has 0 radical (unpaired) electrons. The third-order valence-electron chi connectivity index (χ3n) is 4.38. The molecule has 0 bridgehead atoms. The fourth-order valence-corrected chi connectivity index (χ4v) is 3.13. The van der Waals surface area contributed by atoms with Crippen LogP contribution in [0.4, 0.5) is 0 Å². The van der Waals surface area contributed by atoms with Gasteiger partial charge >= 0.3 is 0 Å². The minimum absolute atomic E-state index is 0.223. The quantitative estimate of drug-likeness (QED) is 0.815. The molecule has 0 spiro atoms. The molecular formula is C17H17NO. The molecule has 96 valence electrons. The van der Waals surface area contributed by atoms with E-state index in [1.807, 2.05) is 6.20 Å². The maximum Gasteiger partial charge on any atom is 0.216 e. The molecule has 1 fully saturated rings. The monoisotopic (exact) mass is 251 g/mol. The molecular weight excluding hydrogens is 234 g/mol. The summed E-state index contributed by atoms with van der Waals surface area (Å²) in [5.41, 5.74) is 4.29. The normalized spacial score (nSPS) is 19.4. The maximum atomic E-state index is 5.61. The van der Waals surface area contributed by atoms with Crippen LogP contribution >= 0.6 is 0 Å². The minimum Gasteiger partial charge on any atom is -0.477 e. The molecule has 1 saturated carbocycles. The Morgan fingerprint density at radius 3 is 2.68 bits per heavy atom. The zero-order chi connectivity index (χ0) is 12.7. The van der Waals surface area contributed by atoms with E-state index >= 15 is 0 Å². The summed E-state index contributed by atoms with van der Waals surface area (Å²) in [7, 11) is 0. The van der Waals surface area contributed by atoms with E-state index in [0.29, 0.717) is 0 Å². The third-order valence-corrected chi connectivity index (χ3v) is 4.38. The maximum absolute atomic E-state index is 5.61. The molecule has 4 rings (SSSR count). The molecule has 2 aliphatic rings. The molecule has 0 saturated heterocycles. The van der Waals surface area contributed by atoms with Crippen molar-refractivity contribution >= 4 is 0 Å². The second-order valence-electron chi connectivity index (χ2n) is 5.59. The number of rotatable bonds is 2. The molecule has 1 aliphatic carbocycles. The van der Waals surface area contributed by atoms with Gasteiger partial charge in [-0.25, -0.2) is 4.98 Å². The Bertz CT molecular complexity index is 602. The lowest BCUT2D eigenvalue weighted by molar-refractivity contribution is 0.276. The average molecular weight is 251 g/mol. The first kappa shape index (κ1) is 11.0. The van der Waals surface area contributed by atoms with E-state index < -0.39 is 0 Å². The number of ether oxygens (including phenoxy) is 1. The van der Waals surface area contributed by atoms with E-state index in [2.05, 4.69) is 41.4 Å². The van der Waals surface area contributed by atoms with Gasteiger partial charge in [-0.15, -0.1) is 0 Å². The summed E-state index contributed by atoms with van der Waals surface area (Å²) in [6.07, 6.45) is 6.69. The lowest BCUT2D eigenvalue weighted by Crippen LogP contribution is -2.14. The number of aromatic nitrogens is 1. The lowest BCUT2D eigenvalue weighted by atomic mass is 9.88. The van der Waals surface area contributed by atoms with Crippen molar-refractivity contribution in [3.8, 4) is 5.88 Å². The Balaban J connectivity index is 1.77. The highest BCUT2D eigenvalue weighted by Gasteiger charge is 2.46. The molecule has 2 nitrogen and oxygen atoms in total. The lowest BCUT2D eigenvalue weighted by Gasteiger charge is -2.20. The number of aryl methyl sites for hydroxylation is 1. The van der Waals surface area contributed by atoms with Crippen molar-refractivity contribution in [2.24, 2.45) is 0 Å². The van der Waals surface area contributed by atoms with Crippen molar-refractivity contribution < 1.29 is 4.74 Å². The van der Waals surface area contributed by atoms with Crippen LogP contribution < -0.4 is 4.74 Å². The molecule has 0 amide bonds. The van der Waals surface area contributed by atoms with E-state index in [1.165, 1.54) is 29.5 Å². The van der Waals surface area contributed by atoms with Crippen molar-refractivity contribution in [1.29, 1.82) is 0 Å². The van der Waals surface area contributed by atoms with Crippen molar-refractivity contribution in [3.63, 3.8) is 0 Å². The highest BCUT2D eigenvalue weighted by Crippen LogP contribution is 2.53. The van der Waals surface area contributed by atoms with E-state index in [9.17, 15) is 0 Å². The Kier molecular flexibility index (Phi) is 2.37. The Morgan fingerprint density at radius 2 is 1.89 bits per heavy atom. The Labute approximate surface area is 113 Å². The second kappa shape index (κ2) is 4.09. The van der Waals surface area contributed by atoms with Gasteiger partial charge in [0.2, 0.25) is 5.88 Å². The van der Waals surface area contributed by atoms with Crippen LogP contribution in [0.1, 0.15) is 36.0 Å². The van der Waals surface area contributed by atoms with Gasteiger partial charge in [-0.2, -0.15) is 0 Å². The molecule has 2 heteroatoms. The predicted molar refractivity (Wildman–Crippen MR) is 74.5 cm³/mol. The van der Waals surface area contributed by atoms with Crippen LogP contribution in [0.5, 0.6) is 5.88 Å². The SMILES string of the molecule is c1ccc(C2(c3cnc4c(c3)CCCO4)CC2)cc1. The van der Waals surface area contributed by atoms with Crippen LogP contribution in [-0.2, 0) is 11.8 Å². The van der Waals surface area contributed by atoms with Gasteiger partial charge in [0.05, 0.1) is 6.61 Å². The van der Waals surface area contributed by atoms with Crippen LogP contribution in [0.3, 0.4) is 0 Å². The topological polar surface area (TPSA) is 22.1 Å². The first-order valence-electron chi connectivity index (χ1n) is 7.06. The molecule has 0 atom stereocenters. The highest BCUT2D eigenvalue weighted by molar-refractivity contribution is 5.46. The summed E-state index contributed by atoms with van der Waals surface area (Å²) in [6, 6.07) is 13.1. The Morgan fingerprint density at radius 1 is 1.05 bits per heavy atom. The first-order chi connectivity index (χ1) is 9.38. The first-order valence-corrected chi connectivity index (χ1v) is 7.06. The van der Waals surface area contributed by atoms with Gasteiger partial charge in [0.15, 0.2) is 0 Å². The van der Waals surface area contributed by atoms with Crippen LogP contribution in [0.15, 0.2) is 42.6 Å². The molecule has 2 heterocycles. The van der Waals surface area contributed by atoms with Crippen LogP contribution in [0.2, 0.25) is 0 Å². The number of fused-ring (bicyclic) bond motifs is 1. The van der Waals surface area contributed by atoms with Crippen molar-refractivity contribution in [2.75, 3.05) is 6.61 Å². The predicted octanol–water partition coefficient (Wildman–Crippen LogP) is 3.49. The zero-order valence-corrected chi connectivity index (χ0v) is 10.9. The van der Waals surface area contributed by atoms with Gasteiger partial charge in [0, 0.05) is 17.2 Å². The van der Waals surface area contributed by atoms with Gasteiger partial charge in [-0.3, -0.25) is 0 Å². The molecule has 1 aliphatic heterocycles. The van der Waals surface area contributed by atoms with Gasteiger partial charge in [-0.1, -0.05) is 30.3 Å². The number of benzene rings is 1. The summed E-state index contributed by atoms with van der Waals surface area (Å²) < 4.78 is 5.61. The smallest absolute Gasteiger partial charge is 0.216 e. The third kappa shape index (κ3) is 1.74. The van der Waals surface area contributed by atoms with Gasteiger partial charge in [-0.05, 0) is 42.9 Å². The van der Waals surface area contributed by atoms with E-state index in [4.69, 9.17) is 4.74 Å². The van der Waals surface area contributed by atoms with Crippen LogP contribution in [0.25, 0.3) is 0 Å². The van der Waals surface area contributed by atoms with E-state index in [0.717, 1.165) is 25.3 Å². The van der Waals surface area contributed by atoms with Crippen molar-refractivity contribution in [1.82, 2.24) is 4.98 Å². The molecule has 0 unspecified atom stereocenters. The summed E-state index contributed by atoms with van der Waals surface area (Å²) in [4.78, 5) is 4.53. The van der Waals surface area contributed by atoms with Crippen LogP contribution in [-0.4, -0.2) is 11.6 Å². The van der Waals surface area contributed by atoms with Gasteiger partial charge < -0.3 is 4.74 Å². The minimum atomic E-state index is 0.223. The molecule has 1 aromatic carbocycles. The fourth-order valence-electron chi connectivity index (χ4n) is 3.13. The Hall–Kier alpha value is -1.83. The molecule has 2 aromatic rings. The molecule has 1 aromatic heterocycles. The van der Waals surface area contributed by atoms with Crippen LogP contribution in [0, 0.1) is 0 Å². The van der Waals surface area contributed by atoms with Gasteiger partial charge in [0.1, 0.15) is 0 Å². The molecule has 19 heavy (non-hydrogen) atoms. The highest BCUT2D eigenvalue weighted by atomic mass is 16.5. The van der Waals surface area contributed by atoms with E-state index in [1.54, 1.807) is 0 Å². The number of nitrogens with zero attached hydrogens (tertiary/aromatic N) is 1. The zero-order valence-electron chi connectivity index (χ0n) is 10.9. The van der Waals surface area contributed by atoms with Crippen molar-refractivity contribution in [2.45, 2.75) is 31.1 Å². The average Bonchev–Trinajstić information content (AvgIpc) is 3.29. The molecule has 0 N–H and O–H groups in total. The summed E-state index contributed by atoms with van der Waals surface area (Å²) >= 11 is 0. The van der Waals surface area contributed by atoms with Crippen molar-refractivity contribution in [3.05, 3.63) is 59.3 Å². The standard InChI is InChI=1S/C17H17NO/c1-2-6-14(7-3-1)17(8-9-17)15-11-13-5-4-10-19-16(13)18-12-15/h1-3,6-7,11-12H,4-5,8-10H2. The summed E-state index contributed by atoms with van der Waals surface area (Å²) in [5, 5.41) is 0.